The molecule has 7 heteroatoms. The van der Waals surface area contributed by atoms with Crippen LogP contribution in [0.3, 0.4) is 0 Å². The highest BCUT2D eigenvalue weighted by Gasteiger charge is 2.26. The zero-order valence-corrected chi connectivity index (χ0v) is 18.8. The van der Waals surface area contributed by atoms with Gasteiger partial charge in [-0.25, -0.2) is 14.4 Å². The van der Waals surface area contributed by atoms with Crippen LogP contribution in [0.4, 0.5) is 4.39 Å². The van der Waals surface area contributed by atoms with Crippen molar-refractivity contribution in [2.24, 2.45) is 0 Å². The molecule has 1 aliphatic heterocycles. The van der Waals surface area contributed by atoms with Crippen molar-refractivity contribution in [3.63, 3.8) is 0 Å². The average molecular weight is 449 g/mol. The summed E-state index contributed by atoms with van der Waals surface area (Å²) in [5.41, 5.74) is 3.86. The largest absolute Gasteiger partial charge is 0.338 e. The molecule has 4 rings (SSSR count). The molecule has 5 nitrogen and oxygen atoms in total. The second-order valence-corrected chi connectivity index (χ2v) is 8.78. The van der Waals surface area contributed by atoms with E-state index in [9.17, 15) is 9.18 Å². The van der Waals surface area contributed by atoms with Gasteiger partial charge in [0.2, 0.25) is 5.91 Å². The normalized spacial score (nSPS) is 16.4. The fourth-order valence-electron chi connectivity index (χ4n) is 3.79. The Kier molecular flexibility index (Phi) is 7.27. The number of pyridine rings is 1. The van der Waals surface area contributed by atoms with Gasteiger partial charge in [-0.3, -0.25) is 9.78 Å². The Morgan fingerprint density at radius 1 is 1.22 bits per heavy atom. The Morgan fingerprint density at radius 2 is 2.06 bits per heavy atom. The third-order valence-corrected chi connectivity index (χ3v) is 6.37. The minimum absolute atomic E-state index is 0.0320. The van der Waals surface area contributed by atoms with Crippen molar-refractivity contribution >= 4 is 23.7 Å². The molecule has 0 N–H and O–H groups in total. The first-order chi connectivity index (χ1) is 15.6. The number of amides is 1. The maximum Gasteiger partial charge on any atom is 0.246 e. The number of piperidine rings is 1. The molecule has 1 aromatic carbocycles. The molecule has 32 heavy (non-hydrogen) atoms. The van der Waals surface area contributed by atoms with Crippen LogP contribution in [0.5, 0.6) is 0 Å². The van der Waals surface area contributed by atoms with Gasteiger partial charge in [0, 0.05) is 43.2 Å². The summed E-state index contributed by atoms with van der Waals surface area (Å²) in [5.74, 6) is 0.581. The number of nitrogens with zero attached hydrogens (tertiary/aromatic N) is 4. The van der Waals surface area contributed by atoms with E-state index >= 15 is 0 Å². The average Bonchev–Trinajstić information content (AvgIpc) is 2.83. The van der Waals surface area contributed by atoms with Crippen molar-refractivity contribution in [2.45, 2.75) is 36.6 Å². The van der Waals surface area contributed by atoms with Crippen LogP contribution in [0.15, 0.2) is 66.1 Å². The van der Waals surface area contributed by atoms with Gasteiger partial charge < -0.3 is 4.90 Å². The lowest BCUT2D eigenvalue weighted by Gasteiger charge is -2.32. The van der Waals surface area contributed by atoms with E-state index in [1.807, 2.05) is 36.2 Å². The van der Waals surface area contributed by atoms with E-state index in [-0.39, 0.29) is 17.6 Å². The van der Waals surface area contributed by atoms with E-state index in [0.29, 0.717) is 12.3 Å². The van der Waals surface area contributed by atoms with E-state index < -0.39 is 0 Å². The summed E-state index contributed by atoms with van der Waals surface area (Å²) in [4.78, 5) is 28.3. The van der Waals surface area contributed by atoms with Gasteiger partial charge >= 0.3 is 0 Å². The molecule has 1 atom stereocenters. The van der Waals surface area contributed by atoms with Crippen LogP contribution in [0.25, 0.3) is 6.08 Å². The molecule has 3 aromatic rings. The number of likely N-dealkylation sites (tertiary alicyclic amines) is 1. The Labute approximate surface area is 191 Å². The maximum absolute atomic E-state index is 13.1. The van der Waals surface area contributed by atoms with Gasteiger partial charge in [0.05, 0.1) is 11.4 Å². The lowest BCUT2D eigenvalue weighted by atomic mass is 9.92. The summed E-state index contributed by atoms with van der Waals surface area (Å²) in [6.45, 7) is 3.39. The summed E-state index contributed by atoms with van der Waals surface area (Å²) in [7, 11) is 0. The van der Waals surface area contributed by atoms with E-state index in [1.165, 1.54) is 12.1 Å². The number of thioether (sulfide) groups is 1. The summed E-state index contributed by atoms with van der Waals surface area (Å²) in [5, 5.41) is 0.732. The van der Waals surface area contributed by atoms with Gasteiger partial charge in [-0.15, -0.1) is 0 Å². The molecular weight excluding hydrogens is 423 g/mol. The number of hydrogen-bond acceptors (Lipinski definition) is 5. The van der Waals surface area contributed by atoms with Crippen LogP contribution in [0.1, 0.15) is 41.3 Å². The van der Waals surface area contributed by atoms with Crippen molar-refractivity contribution in [3.05, 3.63) is 89.3 Å². The number of hydrogen-bond donors (Lipinski definition) is 0. The minimum atomic E-state index is -0.287. The van der Waals surface area contributed by atoms with E-state index in [2.05, 4.69) is 9.97 Å². The second kappa shape index (κ2) is 10.5. The standard InChI is InChI=1S/C25H25FN4OS/c1-18-15-28-25(32-17-22-6-2-3-13-27-22)29-24(18)20-5-4-14-30(16-20)23(31)12-9-19-7-10-21(26)11-8-19/h2-3,6-13,15,20H,4-5,14,16-17H2,1H3. The first kappa shape index (κ1) is 22.1. The van der Waals surface area contributed by atoms with Gasteiger partial charge in [0.15, 0.2) is 5.16 Å². The summed E-state index contributed by atoms with van der Waals surface area (Å²) in [6, 6.07) is 12.0. The second-order valence-electron chi connectivity index (χ2n) is 7.84. The number of rotatable bonds is 6. The van der Waals surface area contributed by atoms with Gasteiger partial charge in [-0.05, 0) is 61.2 Å². The SMILES string of the molecule is Cc1cnc(SCc2ccccn2)nc1C1CCCN(C(=O)C=Cc2ccc(F)cc2)C1. The maximum atomic E-state index is 13.1. The van der Waals surface area contributed by atoms with Gasteiger partial charge in [-0.2, -0.15) is 0 Å². The number of aromatic nitrogens is 3. The van der Waals surface area contributed by atoms with Crippen LogP contribution in [0, 0.1) is 12.7 Å². The molecule has 164 valence electrons. The molecule has 2 aromatic heterocycles. The highest BCUT2D eigenvalue weighted by molar-refractivity contribution is 7.98. The lowest BCUT2D eigenvalue weighted by Crippen LogP contribution is -2.38. The summed E-state index contributed by atoms with van der Waals surface area (Å²) in [6.07, 6.45) is 8.88. The van der Waals surface area contributed by atoms with Crippen molar-refractivity contribution in [2.75, 3.05) is 13.1 Å². The zero-order chi connectivity index (χ0) is 22.3. The first-order valence-electron chi connectivity index (χ1n) is 10.7. The van der Waals surface area contributed by atoms with Crippen LogP contribution >= 0.6 is 11.8 Å². The number of aryl methyl sites for hydroxylation is 1. The van der Waals surface area contributed by atoms with Crippen molar-refractivity contribution < 1.29 is 9.18 Å². The Balaban J connectivity index is 1.41. The van der Waals surface area contributed by atoms with Crippen LogP contribution in [-0.2, 0) is 10.5 Å². The van der Waals surface area contributed by atoms with E-state index in [4.69, 9.17) is 4.98 Å². The molecule has 0 aliphatic carbocycles. The Morgan fingerprint density at radius 3 is 2.84 bits per heavy atom. The topological polar surface area (TPSA) is 59.0 Å². The van der Waals surface area contributed by atoms with Gasteiger partial charge in [-0.1, -0.05) is 30.0 Å². The fourth-order valence-corrected chi connectivity index (χ4v) is 4.53. The first-order valence-corrected chi connectivity index (χ1v) is 11.7. The minimum Gasteiger partial charge on any atom is -0.338 e. The van der Waals surface area contributed by atoms with E-state index in [0.717, 1.165) is 47.1 Å². The van der Waals surface area contributed by atoms with Crippen molar-refractivity contribution in [1.82, 2.24) is 19.9 Å². The van der Waals surface area contributed by atoms with Crippen LogP contribution < -0.4 is 0 Å². The quantitative estimate of drug-likeness (QED) is 0.301. The Bertz CT molecular complexity index is 1090. The van der Waals surface area contributed by atoms with Crippen molar-refractivity contribution in [3.8, 4) is 0 Å². The highest BCUT2D eigenvalue weighted by Crippen LogP contribution is 2.29. The fraction of sp³-hybridized carbons (Fsp3) is 0.280. The molecule has 1 aliphatic rings. The number of benzene rings is 1. The molecule has 1 unspecified atom stereocenters. The highest BCUT2D eigenvalue weighted by atomic mass is 32.2. The van der Waals surface area contributed by atoms with Gasteiger partial charge in [0.25, 0.3) is 0 Å². The number of carbonyl (C=O) groups is 1. The number of halogens is 1. The molecule has 1 fully saturated rings. The summed E-state index contributed by atoms with van der Waals surface area (Å²) < 4.78 is 13.1. The lowest BCUT2D eigenvalue weighted by molar-refractivity contribution is -0.127. The molecule has 0 saturated carbocycles. The smallest absolute Gasteiger partial charge is 0.246 e. The van der Waals surface area contributed by atoms with Crippen LogP contribution in [-0.4, -0.2) is 38.8 Å². The molecule has 1 saturated heterocycles. The molecule has 3 heterocycles. The van der Waals surface area contributed by atoms with Crippen molar-refractivity contribution in [1.29, 1.82) is 0 Å². The molecule has 0 radical (unpaired) electrons. The Hall–Kier alpha value is -3.06. The third kappa shape index (κ3) is 5.79. The molecule has 0 spiro atoms. The zero-order valence-electron chi connectivity index (χ0n) is 17.9. The monoisotopic (exact) mass is 448 g/mol. The predicted molar refractivity (Wildman–Crippen MR) is 125 cm³/mol. The van der Waals surface area contributed by atoms with Crippen LogP contribution in [0.2, 0.25) is 0 Å². The summed E-state index contributed by atoms with van der Waals surface area (Å²) >= 11 is 1.57. The third-order valence-electron chi connectivity index (χ3n) is 5.47. The number of carbonyl (C=O) groups excluding carboxylic acids is 1. The molecule has 0 bridgehead atoms. The molecular formula is C25H25FN4OS. The van der Waals surface area contributed by atoms with Gasteiger partial charge in [0.1, 0.15) is 5.82 Å². The molecule has 1 amide bonds. The predicted octanol–water partition coefficient (Wildman–Crippen LogP) is 5.03. The van der Waals surface area contributed by atoms with E-state index in [1.54, 1.807) is 42.2 Å².